The molecule has 0 aliphatic carbocycles. The van der Waals surface area contributed by atoms with Gasteiger partial charge in [0, 0.05) is 34.8 Å². The molecule has 0 saturated carbocycles. The Morgan fingerprint density at radius 1 is 1.46 bits per heavy atom. The zero-order chi connectivity index (χ0) is 20.5. The number of likely N-dealkylation sites (tertiary alicyclic amines) is 1. The number of aliphatic imine (C=N–C) groups is 1. The van der Waals surface area contributed by atoms with Crippen molar-refractivity contribution in [1.82, 2.24) is 14.5 Å². The number of nitrogens with zero attached hydrogens (tertiary/aromatic N) is 6. The van der Waals surface area contributed by atoms with Crippen molar-refractivity contribution in [3.05, 3.63) is 35.8 Å². The fourth-order valence-electron chi connectivity index (χ4n) is 3.71. The van der Waals surface area contributed by atoms with Gasteiger partial charge in [0.1, 0.15) is 22.9 Å². The topological polar surface area (TPSA) is 116 Å². The van der Waals surface area contributed by atoms with Crippen LogP contribution < -0.4 is 10.5 Å². The van der Waals surface area contributed by atoms with Crippen molar-refractivity contribution in [2.24, 2.45) is 10.7 Å². The van der Waals surface area contributed by atoms with E-state index in [1.165, 1.54) is 12.4 Å². The van der Waals surface area contributed by atoms with E-state index in [-0.39, 0.29) is 11.6 Å². The Kier molecular flexibility index (Phi) is 4.98. The lowest BCUT2D eigenvalue weighted by molar-refractivity contribution is 0.262. The number of aromatic nitrogens is 2. The first-order valence-corrected chi connectivity index (χ1v) is 8.94. The van der Waals surface area contributed by atoms with Crippen LogP contribution in [0.1, 0.15) is 38.3 Å². The molecule has 2 aromatic heterocycles. The van der Waals surface area contributed by atoms with Crippen LogP contribution in [0.2, 0.25) is 0 Å². The molecule has 144 valence electrons. The van der Waals surface area contributed by atoms with E-state index in [9.17, 15) is 10.5 Å². The number of fused-ring (bicyclic) bond motifs is 1. The van der Waals surface area contributed by atoms with Crippen LogP contribution in [-0.2, 0) is 0 Å². The van der Waals surface area contributed by atoms with Gasteiger partial charge in [-0.05, 0) is 33.3 Å². The summed E-state index contributed by atoms with van der Waals surface area (Å²) in [7, 11) is 1.55. The molecule has 1 aliphatic heterocycles. The van der Waals surface area contributed by atoms with E-state index >= 15 is 0 Å². The number of hydrogen-bond acceptors (Lipinski definition) is 7. The van der Waals surface area contributed by atoms with Crippen molar-refractivity contribution in [1.29, 1.82) is 10.5 Å². The molecule has 0 amide bonds. The molecule has 0 bridgehead atoms. The third-order valence-electron chi connectivity index (χ3n) is 5.14. The molecule has 0 aromatic carbocycles. The second-order valence-electron chi connectivity index (χ2n) is 7.44. The number of hydrogen-bond donors (Lipinski definition) is 1. The van der Waals surface area contributed by atoms with Crippen molar-refractivity contribution in [3.8, 4) is 18.0 Å². The first-order chi connectivity index (χ1) is 13.3. The summed E-state index contributed by atoms with van der Waals surface area (Å²) in [6, 6.07) is 3.97. The van der Waals surface area contributed by atoms with Gasteiger partial charge in [0.05, 0.1) is 25.9 Å². The Hall–Kier alpha value is -3.52. The summed E-state index contributed by atoms with van der Waals surface area (Å²) in [6.45, 7) is 6.58. The lowest BCUT2D eigenvalue weighted by Gasteiger charge is -2.25. The molecule has 1 fully saturated rings. The minimum absolute atomic E-state index is 0.0186. The fraction of sp³-hybridized carbons (Fsp3) is 0.400. The van der Waals surface area contributed by atoms with Crippen molar-refractivity contribution in [2.75, 3.05) is 13.7 Å². The van der Waals surface area contributed by atoms with Crippen LogP contribution >= 0.6 is 0 Å². The van der Waals surface area contributed by atoms with E-state index in [0.29, 0.717) is 23.4 Å². The Morgan fingerprint density at radius 3 is 2.79 bits per heavy atom. The van der Waals surface area contributed by atoms with E-state index in [2.05, 4.69) is 17.4 Å². The number of pyridine rings is 1. The molecule has 1 saturated heterocycles. The van der Waals surface area contributed by atoms with Gasteiger partial charge in [0.15, 0.2) is 6.19 Å². The highest BCUT2D eigenvalue weighted by molar-refractivity contribution is 6.22. The number of ether oxygens (including phenoxy) is 1. The third-order valence-corrected chi connectivity index (χ3v) is 5.14. The molecular formula is C20H23N7O. The van der Waals surface area contributed by atoms with Crippen LogP contribution in [0.3, 0.4) is 0 Å². The highest BCUT2D eigenvalue weighted by Crippen LogP contribution is 2.31. The molecule has 0 unspecified atom stereocenters. The van der Waals surface area contributed by atoms with Crippen LogP contribution in [0.5, 0.6) is 5.75 Å². The summed E-state index contributed by atoms with van der Waals surface area (Å²) in [5.41, 5.74) is 9.09. The predicted octanol–water partition coefficient (Wildman–Crippen LogP) is 2.31. The van der Waals surface area contributed by atoms with E-state index in [0.717, 1.165) is 23.3 Å². The number of rotatable bonds is 4. The van der Waals surface area contributed by atoms with Gasteiger partial charge in [-0.1, -0.05) is 0 Å². The summed E-state index contributed by atoms with van der Waals surface area (Å²) in [5.74, 6) is 0.538. The van der Waals surface area contributed by atoms with Gasteiger partial charge in [-0.3, -0.25) is 4.99 Å². The maximum atomic E-state index is 9.32. The summed E-state index contributed by atoms with van der Waals surface area (Å²) in [4.78, 5) is 6.59. The molecule has 3 rings (SSSR count). The quantitative estimate of drug-likeness (QED) is 0.646. The average Bonchev–Trinajstić information content (AvgIpc) is 3.20. The van der Waals surface area contributed by atoms with E-state index in [1.54, 1.807) is 22.7 Å². The van der Waals surface area contributed by atoms with Crippen LogP contribution in [0.15, 0.2) is 29.7 Å². The molecule has 2 N–H and O–H groups in total. The highest BCUT2D eigenvalue weighted by atomic mass is 16.5. The largest absolute Gasteiger partial charge is 0.494 e. The molecular weight excluding hydrogens is 354 g/mol. The Labute approximate surface area is 164 Å². The van der Waals surface area contributed by atoms with Gasteiger partial charge in [-0.25, -0.2) is 4.52 Å². The first kappa shape index (κ1) is 19.2. The monoisotopic (exact) mass is 377 g/mol. The summed E-state index contributed by atoms with van der Waals surface area (Å²) >= 11 is 0. The molecule has 8 heteroatoms. The Morgan fingerprint density at radius 2 is 2.21 bits per heavy atom. The highest BCUT2D eigenvalue weighted by Gasteiger charge is 2.38. The Balaban J connectivity index is 1.98. The fourth-order valence-corrected chi connectivity index (χ4v) is 3.71. The zero-order valence-electron chi connectivity index (χ0n) is 16.5. The first-order valence-electron chi connectivity index (χ1n) is 8.94. The predicted molar refractivity (Wildman–Crippen MR) is 107 cm³/mol. The normalized spacial score (nSPS) is 19.5. The van der Waals surface area contributed by atoms with Gasteiger partial charge in [-0.2, -0.15) is 15.6 Å². The summed E-state index contributed by atoms with van der Waals surface area (Å²) in [6.07, 6.45) is 7.86. The number of allylic oxidation sites excluding steroid dienone is 1. The van der Waals surface area contributed by atoms with Crippen LogP contribution in [0.25, 0.3) is 11.1 Å². The van der Waals surface area contributed by atoms with Crippen molar-refractivity contribution >= 4 is 16.8 Å². The zero-order valence-corrected chi connectivity index (χ0v) is 16.5. The lowest BCUT2D eigenvalue weighted by atomic mass is 10.00. The van der Waals surface area contributed by atoms with E-state index < -0.39 is 0 Å². The minimum atomic E-state index is -0.208. The molecule has 0 radical (unpaired) electrons. The van der Waals surface area contributed by atoms with Crippen LogP contribution in [-0.4, -0.2) is 45.5 Å². The lowest BCUT2D eigenvalue weighted by Crippen LogP contribution is -2.33. The maximum Gasteiger partial charge on any atom is 0.179 e. The van der Waals surface area contributed by atoms with Gasteiger partial charge in [-0.15, -0.1) is 0 Å². The smallest absolute Gasteiger partial charge is 0.179 e. The van der Waals surface area contributed by atoms with Crippen LogP contribution in [0.4, 0.5) is 0 Å². The molecule has 3 heterocycles. The maximum absolute atomic E-state index is 9.32. The van der Waals surface area contributed by atoms with E-state index in [4.69, 9.17) is 15.5 Å². The van der Waals surface area contributed by atoms with Crippen LogP contribution in [0, 0.1) is 22.8 Å². The summed E-state index contributed by atoms with van der Waals surface area (Å²) < 4.78 is 7.08. The molecule has 1 atom stereocenters. The standard InChI is InChI=1S/C20H23N7O/c1-13(25-16-6-20(2,3)26(11-16)12-23)17(8-22)14-5-18(28-4)19-15(7-21)9-24-27(19)10-14/h5,8-10,16H,6,11,22H2,1-4H3/b17-8+,25-13?/t16-/m0/s1. The molecule has 2 aromatic rings. The van der Waals surface area contributed by atoms with E-state index in [1.807, 2.05) is 26.8 Å². The second kappa shape index (κ2) is 7.24. The van der Waals surface area contributed by atoms with Crippen molar-refractivity contribution in [3.63, 3.8) is 0 Å². The van der Waals surface area contributed by atoms with Crippen molar-refractivity contribution < 1.29 is 4.74 Å². The number of nitrogens with two attached hydrogens (primary N) is 1. The third kappa shape index (κ3) is 3.25. The molecule has 1 aliphatic rings. The summed E-state index contributed by atoms with van der Waals surface area (Å²) in [5, 5.41) is 22.8. The molecule has 28 heavy (non-hydrogen) atoms. The number of methoxy groups -OCH3 is 1. The van der Waals surface area contributed by atoms with Gasteiger partial charge in [0.2, 0.25) is 0 Å². The van der Waals surface area contributed by atoms with Crippen molar-refractivity contribution in [2.45, 2.75) is 38.8 Å². The van der Waals surface area contributed by atoms with Gasteiger partial charge < -0.3 is 15.4 Å². The minimum Gasteiger partial charge on any atom is -0.494 e. The second-order valence-corrected chi connectivity index (χ2v) is 7.44. The van der Waals surface area contributed by atoms with Gasteiger partial charge >= 0.3 is 0 Å². The Bertz CT molecular complexity index is 1050. The number of nitriles is 2. The molecule has 0 spiro atoms. The molecule has 8 nitrogen and oxygen atoms in total. The SMILES string of the molecule is COc1cc(/C(=C/N)C(C)=N[C@@H]2CN(C#N)C(C)(C)C2)cn2ncc(C#N)c12. The van der Waals surface area contributed by atoms with Gasteiger partial charge in [0.25, 0.3) is 0 Å². The average molecular weight is 377 g/mol.